The van der Waals surface area contributed by atoms with Crippen LogP contribution in [0.25, 0.3) is 0 Å². The van der Waals surface area contributed by atoms with Gasteiger partial charge in [0.15, 0.2) is 0 Å². The molecule has 0 aromatic carbocycles. The van der Waals surface area contributed by atoms with E-state index in [1.807, 2.05) is 0 Å². The van der Waals surface area contributed by atoms with Crippen LogP contribution in [0.1, 0.15) is 19.8 Å². The predicted molar refractivity (Wildman–Crippen MR) is 33.5 cm³/mol. The number of hydrogen-bond acceptors (Lipinski definition) is 1. The summed E-state index contributed by atoms with van der Waals surface area (Å²) in [7, 11) is 0. The molecule has 1 saturated heterocycles. The van der Waals surface area contributed by atoms with Crippen molar-refractivity contribution in [2.24, 2.45) is 0 Å². The van der Waals surface area contributed by atoms with E-state index in [-0.39, 0.29) is 0 Å². The van der Waals surface area contributed by atoms with Gasteiger partial charge in [-0.15, -0.1) is 0 Å². The molecule has 0 aromatic heterocycles. The molecular weight excluding hydrogens is 98.1 g/mol. The molecule has 0 amide bonds. The molecule has 1 nitrogen and oxygen atoms in total. The highest BCUT2D eigenvalue weighted by Crippen LogP contribution is 2.39. The average Bonchev–Trinajstić information content (AvgIpc) is 2.07. The van der Waals surface area contributed by atoms with Gasteiger partial charge in [-0.1, -0.05) is 13.3 Å². The van der Waals surface area contributed by atoms with Crippen molar-refractivity contribution >= 4 is 0 Å². The van der Waals surface area contributed by atoms with Crippen molar-refractivity contribution in [3.05, 3.63) is 12.3 Å². The molecule has 0 radical (unpaired) electrons. The van der Waals surface area contributed by atoms with Gasteiger partial charge in [0.2, 0.25) is 0 Å². The minimum atomic E-state index is 0.870. The molecule has 2 atom stereocenters. The van der Waals surface area contributed by atoms with Gasteiger partial charge in [0.05, 0.1) is 12.1 Å². The van der Waals surface area contributed by atoms with Gasteiger partial charge in [0.25, 0.3) is 0 Å². The SMILES string of the molecule is CCCC1C2C=CN21. The molecule has 0 aliphatic carbocycles. The highest BCUT2D eigenvalue weighted by Gasteiger charge is 2.47. The first kappa shape index (κ1) is 4.42. The van der Waals surface area contributed by atoms with Crippen LogP contribution in [-0.2, 0) is 0 Å². The van der Waals surface area contributed by atoms with Crippen LogP contribution < -0.4 is 0 Å². The summed E-state index contributed by atoms with van der Waals surface area (Å²) >= 11 is 0. The summed E-state index contributed by atoms with van der Waals surface area (Å²) in [6.07, 6.45) is 7.21. The van der Waals surface area contributed by atoms with Crippen molar-refractivity contribution in [2.75, 3.05) is 0 Å². The lowest BCUT2D eigenvalue weighted by Gasteiger charge is -1.99. The summed E-state index contributed by atoms with van der Waals surface area (Å²) in [5.74, 6) is 0. The molecule has 2 rings (SSSR count). The van der Waals surface area contributed by atoms with Crippen molar-refractivity contribution in [1.29, 1.82) is 0 Å². The summed E-state index contributed by atoms with van der Waals surface area (Å²) < 4.78 is 0. The molecule has 0 bridgehead atoms. The van der Waals surface area contributed by atoms with E-state index in [1.54, 1.807) is 0 Å². The maximum Gasteiger partial charge on any atom is 0.0692 e. The molecular formula is C7H11N. The van der Waals surface area contributed by atoms with Crippen LogP contribution in [0.15, 0.2) is 12.3 Å². The van der Waals surface area contributed by atoms with E-state index in [9.17, 15) is 0 Å². The standard InChI is InChI=1S/C7H11N/c1-2-3-6-7-4-5-8(6)7/h4-7H,2-3H2,1H3. The molecule has 2 unspecified atom stereocenters. The number of fused-ring (bicyclic) bond motifs is 1. The summed E-state index contributed by atoms with van der Waals surface area (Å²) in [4.78, 5) is 2.42. The zero-order chi connectivity index (χ0) is 5.56. The van der Waals surface area contributed by atoms with Crippen molar-refractivity contribution in [3.63, 3.8) is 0 Å². The molecule has 1 fully saturated rings. The molecule has 2 aliphatic rings. The molecule has 0 saturated carbocycles. The van der Waals surface area contributed by atoms with Crippen molar-refractivity contribution in [1.82, 2.24) is 4.90 Å². The Morgan fingerprint density at radius 3 is 2.75 bits per heavy atom. The Morgan fingerprint density at radius 2 is 2.38 bits per heavy atom. The molecule has 0 spiro atoms. The number of rotatable bonds is 2. The number of nitrogens with zero attached hydrogens (tertiary/aromatic N) is 1. The van der Waals surface area contributed by atoms with Crippen molar-refractivity contribution in [2.45, 2.75) is 31.8 Å². The van der Waals surface area contributed by atoms with Crippen molar-refractivity contribution < 1.29 is 0 Å². The molecule has 0 N–H and O–H groups in total. The van der Waals surface area contributed by atoms with E-state index in [4.69, 9.17) is 0 Å². The Balaban J connectivity index is 1.83. The third-order valence-electron chi connectivity index (χ3n) is 2.07. The third-order valence-corrected chi connectivity index (χ3v) is 2.07. The van der Waals surface area contributed by atoms with E-state index in [0.717, 1.165) is 12.1 Å². The Hall–Kier alpha value is -0.460. The van der Waals surface area contributed by atoms with Crippen LogP contribution in [0.3, 0.4) is 0 Å². The lowest BCUT2D eigenvalue weighted by atomic mass is 10.2. The van der Waals surface area contributed by atoms with Gasteiger partial charge in [0.1, 0.15) is 0 Å². The summed E-state index contributed by atoms with van der Waals surface area (Å²) in [5.41, 5.74) is 0. The Morgan fingerprint density at radius 1 is 1.62 bits per heavy atom. The van der Waals surface area contributed by atoms with Crippen LogP contribution >= 0.6 is 0 Å². The van der Waals surface area contributed by atoms with Gasteiger partial charge in [-0.2, -0.15) is 0 Å². The quantitative estimate of drug-likeness (QED) is 0.484. The normalized spacial score (nSPS) is 38.9. The molecule has 0 aromatic rings. The van der Waals surface area contributed by atoms with Gasteiger partial charge in [-0.05, 0) is 18.7 Å². The van der Waals surface area contributed by atoms with E-state index in [1.165, 1.54) is 12.8 Å². The fraction of sp³-hybridized carbons (Fsp3) is 0.714. The first-order valence-corrected chi connectivity index (χ1v) is 3.39. The van der Waals surface area contributed by atoms with Crippen molar-refractivity contribution in [3.8, 4) is 0 Å². The van der Waals surface area contributed by atoms with E-state index in [2.05, 4.69) is 24.1 Å². The third kappa shape index (κ3) is 0.371. The Labute approximate surface area is 50.0 Å². The van der Waals surface area contributed by atoms with Gasteiger partial charge in [0, 0.05) is 0 Å². The second kappa shape index (κ2) is 1.28. The van der Waals surface area contributed by atoms with Crippen LogP contribution in [0.4, 0.5) is 0 Å². The molecule has 2 aliphatic heterocycles. The smallest absolute Gasteiger partial charge is 0.0692 e. The van der Waals surface area contributed by atoms with E-state index in [0.29, 0.717) is 0 Å². The zero-order valence-corrected chi connectivity index (χ0v) is 5.17. The van der Waals surface area contributed by atoms with Crippen LogP contribution in [0.2, 0.25) is 0 Å². The summed E-state index contributed by atoms with van der Waals surface area (Å²) in [5, 5.41) is 0. The average molecular weight is 109 g/mol. The largest absolute Gasteiger partial charge is 0.364 e. The maximum atomic E-state index is 2.42. The van der Waals surface area contributed by atoms with Gasteiger partial charge in [-0.25, -0.2) is 0 Å². The second-order valence-corrected chi connectivity index (χ2v) is 2.64. The fourth-order valence-corrected chi connectivity index (χ4v) is 1.46. The fourth-order valence-electron chi connectivity index (χ4n) is 1.46. The summed E-state index contributed by atoms with van der Waals surface area (Å²) in [6.45, 7) is 2.25. The highest BCUT2D eigenvalue weighted by molar-refractivity contribution is 5.26. The summed E-state index contributed by atoms with van der Waals surface area (Å²) in [6, 6.07) is 1.79. The maximum absolute atomic E-state index is 2.42. The van der Waals surface area contributed by atoms with Gasteiger partial charge >= 0.3 is 0 Å². The van der Waals surface area contributed by atoms with E-state index >= 15 is 0 Å². The van der Waals surface area contributed by atoms with Gasteiger partial charge < -0.3 is 4.90 Å². The van der Waals surface area contributed by atoms with Gasteiger partial charge in [-0.3, -0.25) is 0 Å². The molecule has 1 heteroatoms. The van der Waals surface area contributed by atoms with Crippen LogP contribution in [0, 0.1) is 0 Å². The Bertz CT molecular complexity index is 116. The minimum absolute atomic E-state index is 0.870. The highest BCUT2D eigenvalue weighted by atomic mass is 15.4. The monoisotopic (exact) mass is 109 g/mol. The van der Waals surface area contributed by atoms with E-state index < -0.39 is 0 Å². The van der Waals surface area contributed by atoms with Crippen LogP contribution in [0.5, 0.6) is 0 Å². The first-order valence-electron chi connectivity index (χ1n) is 3.39. The topological polar surface area (TPSA) is 3.01 Å². The Kier molecular flexibility index (Phi) is 0.706. The lowest BCUT2D eigenvalue weighted by Crippen LogP contribution is -1.97. The second-order valence-electron chi connectivity index (χ2n) is 2.64. The molecule has 8 heavy (non-hydrogen) atoms. The number of hydrogen-bond donors (Lipinski definition) is 0. The molecule has 2 heterocycles. The first-order chi connectivity index (χ1) is 3.93. The minimum Gasteiger partial charge on any atom is -0.364 e. The zero-order valence-electron chi connectivity index (χ0n) is 5.17. The molecule has 44 valence electrons. The predicted octanol–water partition coefficient (Wildman–Crippen LogP) is 1.37. The van der Waals surface area contributed by atoms with Crippen LogP contribution in [-0.4, -0.2) is 17.0 Å². The lowest BCUT2D eigenvalue weighted by molar-refractivity contribution is 0.599.